The largest absolute Gasteiger partial charge is 0.490 e. The number of halogens is 4. The fraction of sp³-hybridized carbons (Fsp3) is 0.500. The van der Waals surface area contributed by atoms with Gasteiger partial charge in [-0.25, -0.2) is 14.8 Å². The maximum Gasteiger partial charge on any atom is 0.490 e. The number of hydrogen-bond acceptors (Lipinski definition) is 7. The van der Waals surface area contributed by atoms with Gasteiger partial charge in [0.25, 0.3) is 0 Å². The second kappa shape index (κ2) is 9.55. The fourth-order valence-corrected chi connectivity index (χ4v) is 4.93. The summed E-state index contributed by atoms with van der Waals surface area (Å²) in [6, 6.07) is 7.94. The molecule has 0 saturated carbocycles. The van der Waals surface area contributed by atoms with E-state index in [1.807, 2.05) is 24.3 Å². The second-order valence-electron chi connectivity index (χ2n) is 8.66. The Labute approximate surface area is 198 Å². The van der Waals surface area contributed by atoms with Crippen molar-refractivity contribution in [3.63, 3.8) is 0 Å². The molecule has 12 heteroatoms. The third-order valence-electron chi connectivity index (χ3n) is 6.43. The van der Waals surface area contributed by atoms with Crippen molar-refractivity contribution in [2.75, 3.05) is 31.1 Å². The van der Waals surface area contributed by atoms with E-state index in [-0.39, 0.29) is 17.7 Å². The van der Waals surface area contributed by atoms with Crippen molar-refractivity contribution in [3.05, 3.63) is 47.4 Å². The zero-order valence-corrected chi connectivity index (χ0v) is 18.8. The summed E-state index contributed by atoms with van der Waals surface area (Å²) in [4.78, 5) is 21.7. The highest BCUT2D eigenvalue weighted by atomic mass is 35.5. The Balaban J connectivity index is 0.000000344. The number of nitrogens with zero attached hydrogens (tertiary/aromatic N) is 4. The molecular weight excluding hydrogens is 477 g/mol. The van der Waals surface area contributed by atoms with Crippen LogP contribution < -0.4 is 9.64 Å². The lowest BCUT2D eigenvalue weighted by molar-refractivity contribution is -0.192. The zero-order valence-electron chi connectivity index (χ0n) is 18.1. The van der Waals surface area contributed by atoms with Crippen molar-refractivity contribution < 1.29 is 32.9 Å². The third kappa shape index (κ3) is 5.37. The van der Waals surface area contributed by atoms with Gasteiger partial charge < -0.3 is 19.8 Å². The summed E-state index contributed by atoms with van der Waals surface area (Å²) in [5.74, 6) is -0.900. The van der Waals surface area contributed by atoms with E-state index in [4.69, 9.17) is 26.2 Å². The van der Waals surface area contributed by atoms with Crippen molar-refractivity contribution in [1.29, 1.82) is 0 Å². The molecule has 1 spiro atoms. The lowest BCUT2D eigenvalue weighted by Gasteiger charge is -2.41. The van der Waals surface area contributed by atoms with E-state index in [1.54, 1.807) is 12.5 Å². The smallest absolute Gasteiger partial charge is 0.487 e. The molecular formula is C22H24ClF3N4O4. The first-order chi connectivity index (χ1) is 16.1. The quantitative estimate of drug-likeness (QED) is 0.649. The van der Waals surface area contributed by atoms with Crippen LogP contribution >= 0.6 is 11.6 Å². The lowest BCUT2D eigenvalue weighted by Crippen LogP contribution is -2.53. The van der Waals surface area contributed by atoms with Crippen molar-refractivity contribution in [1.82, 2.24) is 14.9 Å². The first-order valence-electron chi connectivity index (χ1n) is 10.8. The molecule has 0 bridgehead atoms. The molecule has 0 radical (unpaired) electrons. The molecule has 184 valence electrons. The Hall–Kier alpha value is -2.63. The number of benzene rings is 1. The SMILES string of the molecule is O=C(O)C(F)(F)F.O[C@@H]1CN(c2ccncn2)CC1N1CCC2(CC1)Cc1cc(Cl)ccc1O2. The predicted octanol–water partition coefficient (Wildman–Crippen LogP) is 2.78. The van der Waals surface area contributed by atoms with Crippen LogP contribution in [-0.4, -0.2) is 81.2 Å². The van der Waals surface area contributed by atoms with Crippen LogP contribution in [0.4, 0.5) is 19.0 Å². The van der Waals surface area contributed by atoms with Gasteiger partial charge >= 0.3 is 12.1 Å². The Morgan fingerprint density at radius 1 is 1.21 bits per heavy atom. The number of aliphatic hydroxyl groups is 1. The zero-order chi connectivity index (χ0) is 24.5. The molecule has 2 N–H and O–H groups in total. The van der Waals surface area contributed by atoms with Crippen molar-refractivity contribution in [2.24, 2.45) is 0 Å². The summed E-state index contributed by atoms with van der Waals surface area (Å²) in [7, 11) is 0. The van der Waals surface area contributed by atoms with Crippen molar-refractivity contribution >= 4 is 23.4 Å². The average Bonchev–Trinajstić information content (AvgIpc) is 3.34. The van der Waals surface area contributed by atoms with Gasteiger partial charge in [0.1, 0.15) is 23.5 Å². The molecule has 5 rings (SSSR count). The number of aliphatic hydroxyl groups excluding tert-OH is 1. The van der Waals surface area contributed by atoms with E-state index >= 15 is 0 Å². The highest BCUT2D eigenvalue weighted by Gasteiger charge is 2.45. The van der Waals surface area contributed by atoms with Crippen LogP contribution in [0.1, 0.15) is 18.4 Å². The second-order valence-corrected chi connectivity index (χ2v) is 9.10. The lowest BCUT2D eigenvalue weighted by atomic mass is 9.86. The van der Waals surface area contributed by atoms with Gasteiger partial charge in [-0.1, -0.05) is 11.6 Å². The number of carbonyl (C=O) groups is 1. The van der Waals surface area contributed by atoms with E-state index < -0.39 is 12.1 Å². The van der Waals surface area contributed by atoms with Gasteiger partial charge in [0.2, 0.25) is 0 Å². The number of alkyl halides is 3. The molecule has 0 amide bonds. The molecule has 1 aromatic heterocycles. The number of aromatic nitrogens is 2. The first-order valence-corrected chi connectivity index (χ1v) is 11.1. The van der Waals surface area contributed by atoms with Crippen LogP contribution in [0.15, 0.2) is 36.8 Å². The summed E-state index contributed by atoms with van der Waals surface area (Å²) < 4.78 is 38.1. The first kappa shape index (κ1) is 24.5. The molecule has 3 aliphatic rings. The predicted molar refractivity (Wildman–Crippen MR) is 117 cm³/mol. The minimum Gasteiger partial charge on any atom is -0.487 e. The minimum atomic E-state index is -5.08. The number of likely N-dealkylation sites (tertiary alicyclic amines) is 1. The standard InChI is InChI=1S/C20H23ClN4O2.C2HF3O2/c21-15-1-2-18-14(9-15)10-20(27-18)4-7-24(8-5-20)16-11-25(12-17(16)26)19-3-6-22-13-23-19;3-2(4,5)1(6)7/h1-3,6,9,13,16-17,26H,4-5,7-8,10-12H2;(H,6,7)/t16?,17-;/m1./s1. The number of rotatable bonds is 2. The number of fused-ring (bicyclic) bond motifs is 1. The monoisotopic (exact) mass is 500 g/mol. The Morgan fingerprint density at radius 3 is 2.53 bits per heavy atom. The number of ether oxygens (including phenoxy) is 1. The van der Waals surface area contributed by atoms with E-state index in [0.29, 0.717) is 6.54 Å². The molecule has 8 nitrogen and oxygen atoms in total. The maximum absolute atomic E-state index is 10.6. The number of hydrogen-bond donors (Lipinski definition) is 2. The molecule has 2 atom stereocenters. The van der Waals surface area contributed by atoms with Crippen LogP contribution in [0.5, 0.6) is 5.75 Å². The number of anilines is 1. The summed E-state index contributed by atoms with van der Waals surface area (Å²) in [6.07, 6.45) is 0.715. The van der Waals surface area contributed by atoms with Crippen molar-refractivity contribution in [3.8, 4) is 5.75 Å². The highest BCUT2D eigenvalue weighted by Crippen LogP contribution is 2.42. The third-order valence-corrected chi connectivity index (χ3v) is 6.67. The Morgan fingerprint density at radius 2 is 1.91 bits per heavy atom. The number of carboxylic acid groups (broad SMARTS) is 1. The summed E-state index contributed by atoms with van der Waals surface area (Å²) in [5, 5.41) is 18.5. The van der Waals surface area contributed by atoms with Gasteiger partial charge in [0, 0.05) is 56.7 Å². The van der Waals surface area contributed by atoms with Gasteiger partial charge in [-0.3, -0.25) is 4.90 Å². The van der Waals surface area contributed by atoms with E-state index in [1.165, 1.54) is 5.56 Å². The van der Waals surface area contributed by atoms with Gasteiger partial charge in [-0.05, 0) is 29.8 Å². The number of β-amino-alcohol motifs (C(OH)–C–C–N with tert-alkyl or cyclic N) is 1. The highest BCUT2D eigenvalue weighted by molar-refractivity contribution is 6.30. The number of piperidine rings is 1. The maximum atomic E-state index is 10.6. The van der Waals surface area contributed by atoms with Crippen LogP contribution in [0.25, 0.3) is 0 Å². The molecule has 1 unspecified atom stereocenters. The average molecular weight is 501 g/mol. The van der Waals surface area contributed by atoms with Gasteiger partial charge in [-0.15, -0.1) is 0 Å². The summed E-state index contributed by atoms with van der Waals surface area (Å²) in [6.45, 7) is 3.27. The van der Waals surface area contributed by atoms with Crippen LogP contribution in [0, 0.1) is 0 Å². The Kier molecular flexibility index (Phi) is 6.88. The molecule has 1 aromatic carbocycles. The normalized spacial score (nSPS) is 23.7. The van der Waals surface area contributed by atoms with Crippen LogP contribution in [0.3, 0.4) is 0 Å². The van der Waals surface area contributed by atoms with Crippen molar-refractivity contribution in [2.45, 2.75) is 43.2 Å². The fourth-order valence-electron chi connectivity index (χ4n) is 4.73. The molecule has 2 fully saturated rings. The van der Waals surface area contributed by atoms with Gasteiger partial charge in [0.05, 0.1) is 12.1 Å². The molecule has 2 aromatic rings. The van der Waals surface area contributed by atoms with E-state index in [2.05, 4.69) is 19.8 Å². The summed E-state index contributed by atoms with van der Waals surface area (Å²) >= 11 is 6.13. The molecule has 0 aliphatic carbocycles. The van der Waals surface area contributed by atoms with Crippen LogP contribution in [0.2, 0.25) is 5.02 Å². The Bertz CT molecular complexity index is 1020. The van der Waals surface area contributed by atoms with E-state index in [0.717, 1.165) is 55.5 Å². The summed E-state index contributed by atoms with van der Waals surface area (Å²) in [5.41, 5.74) is 1.10. The number of carboxylic acids is 1. The minimum absolute atomic E-state index is 0.112. The number of aliphatic carboxylic acids is 1. The molecule has 3 aliphatic heterocycles. The van der Waals surface area contributed by atoms with Gasteiger partial charge in [-0.2, -0.15) is 13.2 Å². The van der Waals surface area contributed by atoms with E-state index in [9.17, 15) is 18.3 Å². The topological polar surface area (TPSA) is 99.0 Å². The molecule has 4 heterocycles. The van der Waals surface area contributed by atoms with Gasteiger partial charge in [0.15, 0.2) is 0 Å². The molecule has 34 heavy (non-hydrogen) atoms. The van der Waals surface area contributed by atoms with Crippen LogP contribution in [-0.2, 0) is 11.2 Å². The molecule has 2 saturated heterocycles.